The average molecular weight is 426 g/mol. The van der Waals surface area contributed by atoms with Crippen LogP contribution in [0.3, 0.4) is 0 Å². The van der Waals surface area contributed by atoms with Crippen LogP contribution in [0.5, 0.6) is 11.5 Å². The maximum atomic E-state index is 14.4. The van der Waals surface area contributed by atoms with Gasteiger partial charge < -0.3 is 19.5 Å². The molecule has 1 fully saturated rings. The third-order valence-corrected chi connectivity index (χ3v) is 6.20. The summed E-state index contributed by atoms with van der Waals surface area (Å²) in [5.41, 5.74) is 4.31. The van der Waals surface area contributed by atoms with Crippen LogP contribution in [-0.2, 0) is 11.4 Å². The van der Waals surface area contributed by atoms with E-state index in [4.69, 9.17) is 9.47 Å². The van der Waals surface area contributed by atoms with Gasteiger partial charge in [0.25, 0.3) is 0 Å². The van der Waals surface area contributed by atoms with Crippen molar-refractivity contribution >= 4 is 11.5 Å². The Morgan fingerprint density at radius 2 is 1.90 bits per heavy atom. The molecule has 1 saturated heterocycles. The summed E-state index contributed by atoms with van der Waals surface area (Å²) < 4.78 is 25.7. The Bertz CT molecular complexity index is 1030. The molecule has 0 aliphatic carbocycles. The molecule has 0 unspecified atom stereocenters. The molecular formula is C25H28FNO4. The second-order valence-electron chi connectivity index (χ2n) is 8.87. The van der Waals surface area contributed by atoms with Gasteiger partial charge in [0.05, 0.1) is 12.5 Å². The summed E-state index contributed by atoms with van der Waals surface area (Å²) >= 11 is 0. The number of hydrogen-bond acceptors (Lipinski definition) is 4. The van der Waals surface area contributed by atoms with Gasteiger partial charge in [0.2, 0.25) is 0 Å². The predicted molar refractivity (Wildman–Crippen MR) is 117 cm³/mol. The highest BCUT2D eigenvalue weighted by Crippen LogP contribution is 2.42. The molecule has 0 aromatic heterocycles. The highest BCUT2D eigenvalue weighted by Gasteiger charge is 2.32. The van der Waals surface area contributed by atoms with E-state index in [-0.39, 0.29) is 5.75 Å². The van der Waals surface area contributed by atoms with Gasteiger partial charge in [-0.05, 0) is 56.0 Å². The summed E-state index contributed by atoms with van der Waals surface area (Å²) in [6.45, 7) is 5.90. The first-order valence-corrected chi connectivity index (χ1v) is 10.6. The van der Waals surface area contributed by atoms with E-state index < -0.39 is 17.2 Å². The number of nitrogens with zero attached hydrogens (tertiary/aromatic N) is 1. The van der Waals surface area contributed by atoms with Crippen molar-refractivity contribution < 1.29 is 23.8 Å². The van der Waals surface area contributed by atoms with Gasteiger partial charge in [-0.25, -0.2) is 4.39 Å². The Morgan fingerprint density at radius 3 is 2.58 bits per heavy atom. The van der Waals surface area contributed by atoms with E-state index in [2.05, 4.69) is 4.90 Å². The average Bonchev–Trinajstić information content (AvgIpc) is 2.90. The molecule has 6 heteroatoms. The molecule has 164 valence electrons. The van der Waals surface area contributed by atoms with Crippen LogP contribution in [0.25, 0.3) is 5.57 Å². The first kappa shape index (κ1) is 21.4. The van der Waals surface area contributed by atoms with Crippen molar-refractivity contribution in [2.24, 2.45) is 5.41 Å². The topological polar surface area (TPSA) is 59.0 Å². The fraction of sp³-hybridized carbons (Fsp3) is 0.400. The fourth-order valence-electron chi connectivity index (χ4n) is 4.44. The summed E-state index contributed by atoms with van der Waals surface area (Å²) in [5.74, 6) is -0.174. The number of carboxylic acid groups (broad SMARTS) is 1. The molecule has 2 aliphatic rings. The largest absolute Gasteiger partial charge is 0.494 e. The van der Waals surface area contributed by atoms with Gasteiger partial charge in [0.15, 0.2) is 11.6 Å². The van der Waals surface area contributed by atoms with Crippen molar-refractivity contribution in [1.29, 1.82) is 0 Å². The van der Waals surface area contributed by atoms with E-state index in [1.54, 1.807) is 19.9 Å². The zero-order chi connectivity index (χ0) is 22.2. The summed E-state index contributed by atoms with van der Waals surface area (Å²) in [7, 11) is 1.47. The Morgan fingerprint density at radius 1 is 1.19 bits per heavy atom. The van der Waals surface area contributed by atoms with Crippen molar-refractivity contribution in [2.45, 2.75) is 33.3 Å². The standard InChI is InChI=1S/C25H28FNO4/c1-25(2,24(28)29)15-27-10-8-16(9-11-27)23-18-6-4-5-7-21(18)31-14-17-12-20(26)22(30-3)13-19(17)23/h4-7,12-13H,8-11,14-15H2,1-3H3,(H,28,29). The lowest BCUT2D eigenvalue weighted by Crippen LogP contribution is -2.42. The number of piperidine rings is 1. The minimum atomic E-state index is -0.787. The second-order valence-corrected chi connectivity index (χ2v) is 8.87. The number of carboxylic acids is 1. The number of benzene rings is 2. The van der Waals surface area contributed by atoms with Crippen LogP contribution in [0, 0.1) is 11.2 Å². The number of hydrogen-bond donors (Lipinski definition) is 1. The SMILES string of the molecule is COc1cc2c(cc1F)COc1ccccc1C2=C1CCN(CC(C)(C)C(=O)O)CC1. The summed E-state index contributed by atoms with van der Waals surface area (Å²) in [6, 6.07) is 11.2. The Balaban J connectivity index is 1.74. The lowest BCUT2D eigenvalue weighted by atomic mass is 9.85. The molecule has 2 aromatic rings. The molecule has 0 amide bonds. The Labute approximate surface area is 182 Å². The van der Waals surface area contributed by atoms with Crippen LogP contribution in [0.4, 0.5) is 4.39 Å². The highest BCUT2D eigenvalue weighted by molar-refractivity contribution is 5.87. The fourth-order valence-corrected chi connectivity index (χ4v) is 4.44. The molecule has 0 bridgehead atoms. The number of likely N-dealkylation sites (tertiary alicyclic amines) is 1. The first-order chi connectivity index (χ1) is 14.8. The molecule has 0 atom stereocenters. The monoisotopic (exact) mass is 425 g/mol. The van der Waals surface area contributed by atoms with Gasteiger partial charge in [-0.2, -0.15) is 0 Å². The highest BCUT2D eigenvalue weighted by atomic mass is 19.1. The molecule has 2 aromatic carbocycles. The number of carbonyl (C=O) groups is 1. The van der Waals surface area contributed by atoms with Crippen LogP contribution < -0.4 is 9.47 Å². The van der Waals surface area contributed by atoms with Crippen LogP contribution in [0.15, 0.2) is 42.0 Å². The van der Waals surface area contributed by atoms with Gasteiger partial charge in [0, 0.05) is 30.8 Å². The number of halogens is 1. The van der Waals surface area contributed by atoms with E-state index in [0.29, 0.717) is 13.2 Å². The maximum absolute atomic E-state index is 14.4. The van der Waals surface area contributed by atoms with E-state index >= 15 is 0 Å². The zero-order valence-corrected chi connectivity index (χ0v) is 18.2. The van der Waals surface area contributed by atoms with Crippen molar-refractivity contribution in [3.63, 3.8) is 0 Å². The maximum Gasteiger partial charge on any atom is 0.310 e. The van der Waals surface area contributed by atoms with Crippen molar-refractivity contribution in [1.82, 2.24) is 4.90 Å². The molecule has 1 N–H and O–H groups in total. The lowest BCUT2D eigenvalue weighted by Gasteiger charge is -2.34. The molecular weight excluding hydrogens is 397 g/mol. The van der Waals surface area contributed by atoms with Crippen LogP contribution in [0.2, 0.25) is 0 Å². The van der Waals surface area contributed by atoms with Crippen molar-refractivity contribution in [2.75, 3.05) is 26.7 Å². The second kappa shape index (κ2) is 8.35. The van der Waals surface area contributed by atoms with Crippen molar-refractivity contribution in [3.8, 4) is 11.5 Å². The quantitative estimate of drug-likeness (QED) is 0.767. The van der Waals surface area contributed by atoms with Crippen LogP contribution in [0.1, 0.15) is 43.4 Å². The lowest BCUT2D eigenvalue weighted by molar-refractivity contribution is -0.148. The molecule has 0 radical (unpaired) electrons. The van der Waals surface area contributed by atoms with Crippen LogP contribution in [-0.4, -0.2) is 42.7 Å². The molecule has 4 rings (SSSR count). The summed E-state index contributed by atoms with van der Waals surface area (Å²) in [5, 5.41) is 9.46. The third-order valence-electron chi connectivity index (χ3n) is 6.20. The van der Waals surface area contributed by atoms with Gasteiger partial charge in [0.1, 0.15) is 12.4 Å². The summed E-state index contributed by atoms with van der Waals surface area (Å²) in [6.07, 6.45) is 1.64. The van der Waals surface area contributed by atoms with E-state index in [0.717, 1.165) is 53.9 Å². The third kappa shape index (κ3) is 4.17. The molecule has 0 saturated carbocycles. The smallest absolute Gasteiger partial charge is 0.310 e. The molecule has 5 nitrogen and oxygen atoms in total. The normalized spacial score (nSPS) is 16.8. The van der Waals surface area contributed by atoms with E-state index in [9.17, 15) is 14.3 Å². The van der Waals surface area contributed by atoms with Gasteiger partial charge in [-0.1, -0.05) is 23.8 Å². The van der Waals surface area contributed by atoms with Gasteiger partial charge in [-0.15, -0.1) is 0 Å². The Kier molecular flexibility index (Phi) is 5.75. The molecule has 31 heavy (non-hydrogen) atoms. The minimum absolute atomic E-state index is 0.219. The minimum Gasteiger partial charge on any atom is -0.494 e. The summed E-state index contributed by atoms with van der Waals surface area (Å²) in [4.78, 5) is 13.7. The zero-order valence-electron chi connectivity index (χ0n) is 18.2. The van der Waals surface area contributed by atoms with Crippen molar-refractivity contribution in [3.05, 3.63) is 64.5 Å². The molecule has 2 heterocycles. The molecule has 2 aliphatic heterocycles. The van der Waals surface area contributed by atoms with Crippen LogP contribution >= 0.6 is 0 Å². The number of fused-ring (bicyclic) bond motifs is 2. The number of rotatable bonds is 4. The molecule has 0 spiro atoms. The predicted octanol–water partition coefficient (Wildman–Crippen LogP) is 4.74. The number of para-hydroxylation sites is 1. The number of aliphatic carboxylic acids is 1. The first-order valence-electron chi connectivity index (χ1n) is 10.6. The van der Waals surface area contributed by atoms with E-state index in [1.807, 2.05) is 24.3 Å². The van der Waals surface area contributed by atoms with E-state index in [1.165, 1.54) is 18.7 Å². The Hall–Kier alpha value is -2.86. The van der Waals surface area contributed by atoms with Gasteiger partial charge in [-0.3, -0.25) is 4.79 Å². The number of methoxy groups -OCH3 is 1. The number of ether oxygens (including phenoxy) is 2. The van der Waals surface area contributed by atoms with Gasteiger partial charge >= 0.3 is 5.97 Å².